The molecule has 0 aromatic heterocycles. The molecular weight excluding hydrogens is 570 g/mol. The number of hydrogen-bond donors (Lipinski definition) is 0. The summed E-state index contributed by atoms with van der Waals surface area (Å²) >= 11 is 3.33. The topological polar surface area (TPSA) is 29.5 Å². The van der Waals surface area contributed by atoms with Crippen LogP contribution in [0.25, 0.3) is 32.3 Å². The van der Waals surface area contributed by atoms with Crippen molar-refractivity contribution in [3.8, 4) is 0 Å². The van der Waals surface area contributed by atoms with E-state index < -0.39 is 0 Å². The van der Waals surface area contributed by atoms with Gasteiger partial charge < -0.3 is 4.74 Å². The Morgan fingerprint density at radius 1 is 0.659 bits per heavy atom. The highest BCUT2D eigenvalue weighted by atomic mass is 79.9. The Labute approximate surface area is 256 Å². The first kappa shape index (κ1) is 31.8. The number of hydrogen-bond acceptors (Lipinski definition) is 3. The Morgan fingerprint density at radius 3 is 1.71 bits per heavy atom. The van der Waals surface area contributed by atoms with Gasteiger partial charge >= 0.3 is 5.97 Å². The van der Waals surface area contributed by atoms with Crippen LogP contribution in [0.5, 0.6) is 0 Å². The van der Waals surface area contributed by atoms with Gasteiger partial charge in [-0.3, -0.25) is 9.69 Å². The molecule has 4 rings (SSSR count). The number of unbranched alkanes of at least 4 members (excludes halogenated alkanes) is 10. The molecule has 0 atom stereocenters. The molecule has 0 unspecified atom stereocenters. The number of benzene rings is 4. The van der Waals surface area contributed by atoms with Crippen molar-refractivity contribution in [2.24, 2.45) is 0 Å². The van der Waals surface area contributed by atoms with Crippen molar-refractivity contribution in [1.29, 1.82) is 0 Å². The zero-order valence-electron chi connectivity index (χ0n) is 25.5. The summed E-state index contributed by atoms with van der Waals surface area (Å²) in [6.07, 6.45) is 16.5. The molecule has 0 radical (unpaired) electrons. The third-order valence-electron chi connectivity index (χ3n) is 8.58. The first-order valence-electron chi connectivity index (χ1n) is 16.3. The first-order chi connectivity index (χ1) is 20.2. The molecule has 4 heteroatoms. The van der Waals surface area contributed by atoms with Gasteiger partial charge in [-0.1, -0.05) is 143 Å². The van der Waals surface area contributed by atoms with Gasteiger partial charge in [0.05, 0.1) is 6.42 Å². The van der Waals surface area contributed by atoms with Gasteiger partial charge in [0, 0.05) is 11.9 Å². The number of alkyl halides is 1. The maximum atomic E-state index is 12.1. The Bertz CT molecular complexity index is 1330. The zero-order valence-corrected chi connectivity index (χ0v) is 27.1. The second kappa shape index (κ2) is 17.1. The van der Waals surface area contributed by atoms with Crippen molar-refractivity contribution in [2.75, 3.05) is 18.4 Å². The SMILES string of the molecule is CCCCCCCCN(CCCCCCCC)Cc1ccc2ccc3c(COC(=O)CCBr)ccc4ccc1c2c43. The van der Waals surface area contributed by atoms with Gasteiger partial charge in [0.1, 0.15) is 6.61 Å². The minimum atomic E-state index is -0.161. The molecule has 0 saturated heterocycles. The summed E-state index contributed by atoms with van der Waals surface area (Å²) in [5.74, 6) is -0.161. The minimum Gasteiger partial charge on any atom is -0.461 e. The van der Waals surface area contributed by atoms with Crippen LogP contribution in [-0.2, 0) is 22.7 Å². The summed E-state index contributed by atoms with van der Waals surface area (Å²) in [6.45, 7) is 8.28. The summed E-state index contributed by atoms with van der Waals surface area (Å²) in [4.78, 5) is 14.8. The van der Waals surface area contributed by atoms with Crippen LogP contribution in [0.3, 0.4) is 0 Å². The second-order valence-electron chi connectivity index (χ2n) is 11.8. The van der Waals surface area contributed by atoms with Crippen molar-refractivity contribution >= 4 is 54.2 Å². The Morgan fingerprint density at radius 2 is 1.15 bits per heavy atom. The van der Waals surface area contributed by atoms with Crippen LogP contribution in [0.4, 0.5) is 0 Å². The van der Waals surface area contributed by atoms with E-state index in [1.54, 1.807) is 0 Å². The molecule has 0 N–H and O–H groups in total. The average molecular weight is 621 g/mol. The number of halogens is 1. The van der Waals surface area contributed by atoms with E-state index in [0.717, 1.165) is 12.1 Å². The maximum absolute atomic E-state index is 12.1. The lowest BCUT2D eigenvalue weighted by Crippen LogP contribution is -2.26. The number of esters is 1. The minimum absolute atomic E-state index is 0.161. The molecule has 0 spiro atoms. The normalized spacial score (nSPS) is 11.9. The lowest BCUT2D eigenvalue weighted by molar-refractivity contribution is -0.144. The molecule has 4 aromatic rings. The van der Waals surface area contributed by atoms with Gasteiger partial charge in [-0.05, 0) is 69.4 Å². The van der Waals surface area contributed by atoms with Crippen molar-refractivity contribution in [3.05, 3.63) is 59.7 Å². The Hall–Kier alpha value is -2.17. The van der Waals surface area contributed by atoms with Crippen LogP contribution in [0, 0.1) is 0 Å². The fourth-order valence-corrected chi connectivity index (χ4v) is 6.56. The summed E-state index contributed by atoms with van der Waals surface area (Å²) < 4.78 is 5.60. The highest BCUT2D eigenvalue weighted by molar-refractivity contribution is 9.09. The Balaban J connectivity index is 1.55. The van der Waals surface area contributed by atoms with Crippen molar-refractivity contribution < 1.29 is 9.53 Å². The standard InChI is InChI=1S/C37H50BrNO2/c1-3-5-7-9-11-13-25-39(26-14-12-10-8-6-4-2)27-31-17-15-29-20-22-34-32(28-41-35(40)23-24-38)18-16-30-19-21-33(31)36(29)37(30)34/h15-22H,3-14,23-28H2,1-2H3. The van der Waals surface area contributed by atoms with Crippen LogP contribution in [0.15, 0.2) is 48.5 Å². The zero-order chi connectivity index (χ0) is 28.9. The third kappa shape index (κ3) is 8.91. The summed E-state index contributed by atoms with van der Waals surface area (Å²) in [5, 5.41) is 8.38. The maximum Gasteiger partial charge on any atom is 0.306 e. The Kier molecular flexibility index (Phi) is 13.2. The second-order valence-corrected chi connectivity index (χ2v) is 12.6. The fraction of sp³-hybridized carbons (Fsp3) is 0.541. The molecule has 0 heterocycles. The summed E-state index contributed by atoms with van der Waals surface area (Å²) in [5.41, 5.74) is 2.51. The number of ether oxygens (including phenoxy) is 1. The van der Waals surface area contributed by atoms with Crippen molar-refractivity contribution in [2.45, 2.75) is 110 Å². The highest BCUT2D eigenvalue weighted by Crippen LogP contribution is 2.38. The molecule has 3 nitrogen and oxygen atoms in total. The van der Waals surface area contributed by atoms with E-state index in [1.807, 2.05) is 0 Å². The number of rotatable bonds is 20. The molecule has 0 saturated carbocycles. The van der Waals surface area contributed by atoms with Crippen LogP contribution in [0.2, 0.25) is 0 Å². The molecule has 4 aromatic carbocycles. The lowest BCUT2D eigenvalue weighted by atomic mass is 9.90. The molecule has 0 fully saturated rings. The lowest BCUT2D eigenvalue weighted by Gasteiger charge is -2.24. The van der Waals surface area contributed by atoms with Crippen LogP contribution >= 0.6 is 15.9 Å². The number of nitrogens with zero attached hydrogens (tertiary/aromatic N) is 1. The number of carbonyl (C=O) groups is 1. The third-order valence-corrected chi connectivity index (χ3v) is 8.98. The van der Waals surface area contributed by atoms with E-state index in [9.17, 15) is 4.79 Å². The predicted molar refractivity (Wildman–Crippen MR) is 180 cm³/mol. The van der Waals surface area contributed by atoms with Gasteiger partial charge in [0.15, 0.2) is 0 Å². The monoisotopic (exact) mass is 619 g/mol. The molecule has 222 valence electrons. The summed E-state index contributed by atoms with van der Waals surface area (Å²) in [6, 6.07) is 18.0. The van der Waals surface area contributed by atoms with E-state index in [1.165, 1.54) is 128 Å². The van der Waals surface area contributed by atoms with Crippen LogP contribution in [0.1, 0.15) is 108 Å². The van der Waals surface area contributed by atoms with Crippen LogP contribution < -0.4 is 0 Å². The van der Waals surface area contributed by atoms with Gasteiger partial charge in [-0.15, -0.1) is 0 Å². The fourth-order valence-electron chi connectivity index (χ4n) is 6.24. The van der Waals surface area contributed by atoms with E-state index in [2.05, 4.69) is 83.2 Å². The van der Waals surface area contributed by atoms with Gasteiger partial charge in [0.2, 0.25) is 0 Å². The van der Waals surface area contributed by atoms with Crippen molar-refractivity contribution in [1.82, 2.24) is 4.90 Å². The number of carbonyl (C=O) groups excluding carboxylic acids is 1. The molecule has 0 aliphatic carbocycles. The molecular formula is C37H50BrNO2. The predicted octanol–water partition coefficient (Wildman–Crippen LogP) is 10.9. The quantitative estimate of drug-likeness (QED) is 0.0426. The van der Waals surface area contributed by atoms with Crippen molar-refractivity contribution in [3.63, 3.8) is 0 Å². The smallest absolute Gasteiger partial charge is 0.306 e. The average Bonchev–Trinajstić information content (AvgIpc) is 2.99. The molecule has 0 bridgehead atoms. The van der Waals surface area contributed by atoms with E-state index in [0.29, 0.717) is 18.4 Å². The summed E-state index contributed by atoms with van der Waals surface area (Å²) in [7, 11) is 0. The van der Waals surface area contributed by atoms with E-state index in [4.69, 9.17) is 4.74 Å². The molecule has 0 aliphatic heterocycles. The highest BCUT2D eigenvalue weighted by Gasteiger charge is 2.16. The molecule has 41 heavy (non-hydrogen) atoms. The first-order valence-corrected chi connectivity index (χ1v) is 17.4. The van der Waals surface area contributed by atoms with Gasteiger partial charge in [-0.2, -0.15) is 0 Å². The van der Waals surface area contributed by atoms with Crippen LogP contribution in [-0.4, -0.2) is 29.3 Å². The van der Waals surface area contributed by atoms with E-state index >= 15 is 0 Å². The molecule has 0 aliphatic rings. The largest absolute Gasteiger partial charge is 0.461 e. The van der Waals surface area contributed by atoms with Gasteiger partial charge in [0.25, 0.3) is 0 Å². The van der Waals surface area contributed by atoms with Gasteiger partial charge in [-0.25, -0.2) is 0 Å². The van der Waals surface area contributed by atoms with E-state index in [-0.39, 0.29) is 5.97 Å². The molecule has 0 amide bonds.